The number of hydrogen-bond acceptors (Lipinski definition) is 4. The van der Waals surface area contributed by atoms with Crippen LogP contribution in [0, 0.1) is 0 Å². The summed E-state index contributed by atoms with van der Waals surface area (Å²) in [4.78, 5) is 24.4. The van der Waals surface area contributed by atoms with Gasteiger partial charge in [-0.25, -0.2) is 9.59 Å². The molecule has 0 aromatic rings. The fraction of sp³-hybridized carbons (Fsp3) is 0.846. The normalized spacial score (nSPS) is 11.2. The molecule has 0 atom stereocenters. The number of likely N-dealkylation sites (N-methyl/N-ethyl adjacent to an activating group) is 1. The SMILES string of the molecule is CCN(C(=O)NCCCOCCOC)C(C)(C)C(=O)O. The summed E-state index contributed by atoms with van der Waals surface area (Å²) in [6.45, 7) is 7.13. The van der Waals surface area contributed by atoms with E-state index in [4.69, 9.17) is 14.6 Å². The minimum absolute atomic E-state index is 0.329. The first-order chi connectivity index (χ1) is 9.37. The average Bonchev–Trinajstić information content (AvgIpc) is 2.38. The van der Waals surface area contributed by atoms with Crippen molar-refractivity contribution in [2.24, 2.45) is 0 Å². The van der Waals surface area contributed by atoms with Crippen molar-refractivity contribution in [1.29, 1.82) is 0 Å². The van der Waals surface area contributed by atoms with Gasteiger partial charge in [0, 0.05) is 26.8 Å². The van der Waals surface area contributed by atoms with E-state index in [1.54, 1.807) is 14.0 Å². The summed E-state index contributed by atoms with van der Waals surface area (Å²) in [7, 11) is 1.60. The lowest BCUT2D eigenvalue weighted by Crippen LogP contribution is -2.56. The molecule has 0 unspecified atom stereocenters. The molecule has 118 valence electrons. The summed E-state index contributed by atoms with van der Waals surface area (Å²) in [5, 5.41) is 11.8. The van der Waals surface area contributed by atoms with Crippen LogP contribution in [0.2, 0.25) is 0 Å². The lowest BCUT2D eigenvalue weighted by molar-refractivity contribution is -0.147. The molecule has 0 spiro atoms. The first-order valence-corrected chi connectivity index (χ1v) is 6.73. The number of nitrogens with zero attached hydrogens (tertiary/aromatic N) is 1. The van der Waals surface area contributed by atoms with Gasteiger partial charge in [-0.05, 0) is 27.2 Å². The fourth-order valence-electron chi connectivity index (χ4n) is 1.62. The van der Waals surface area contributed by atoms with Crippen LogP contribution in [0.5, 0.6) is 0 Å². The lowest BCUT2D eigenvalue weighted by atomic mass is 10.0. The summed E-state index contributed by atoms with van der Waals surface area (Å²) in [6, 6.07) is -0.378. The molecule has 20 heavy (non-hydrogen) atoms. The number of hydrogen-bond donors (Lipinski definition) is 2. The summed E-state index contributed by atoms with van der Waals surface area (Å²) < 4.78 is 10.1. The van der Waals surface area contributed by atoms with E-state index >= 15 is 0 Å². The van der Waals surface area contributed by atoms with Crippen molar-refractivity contribution < 1.29 is 24.2 Å². The van der Waals surface area contributed by atoms with Gasteiger partial charge in [-0.2, -0.15) is 0 Å². The molecule has 0 aliphatic carbocycles. The summed E-state index contributed by atoms with van der Waals surface area (Å²) in [5.74, 6) is -1.03. The largest absolute Gasteiger partial charge is 0.480 e. The molecule has 7 nitrogen and oxygen atoms in total. The van der Waals surface area contributed by atoms with Crippen LogP contribution >= 0.6 is 0 Å². The molecule has 0 saturated heterocycles. The molecule has 7 heteroatoms. The molecule has 0 bridgehead atoms. The molecule has 0 aromatic heterocycles. The maximum atomic E-state index is 12.0. The number of carboxylic acid groups (broad SMARTS) is 1. The van der Waals surface area contributed by atoms with Crippen molar-refractivity contribution in [3.63, 3.8) is 0 Å². The number of nitrogens with one attached hydrogen (secondary N) is 1. The fourth-order valence-corrected chi connectivity index (χ4v) is 1.62. The number of aliphatic carboxylic acids is 1. The molecular formula is C13H26N2O5. The second kappa shape index (κ2) is 9.55. The smallest absolute Gasteiger partial charge is 0.329 e. The number of urea groups is 1. The number of amides is 2. The molecule has 0 aliphatic rings. The Hall–Kier alpha value is -1.34. The van der Waals surface area contributed by atoms with Crippen LogP contribution in [0.25, 0.3) is 0 Å². The molecule has 0 radical (unpaired) electrons. The van der Waals surface area contributed by atoms with Crippen LogP contribution in [0.4, 0.5) is 4.79 Å². The van der Waals surface area contributed by atoms with Crippen LogP contribution in [-0.4, -0.2) is 67.6 Å². The third-order valence-electron chi connectivity index (χ3n) is 2.93. The Labute approximate surface area is 120 Å². The van der Waals surface area contributed by atoms with Crippen LogP contribution < -0.4 is 5.32 Å². The number of ether oxygens (including phenoxy) is 2. The Balaban J connectivity index is 4.03. The van der Waals surface area contributed by atoms with E-state index in [1.807, 2.05) is 0 Å². The quantitative estimate of drug-likeness (QED) is 0.584. The Kier molecular flexibility index (Phi) is 8.91. The lowest BCUT2D eigenvalue weighted by Gasteiger charge is -2.34. The molecule has 0 aromatic carbocycles. The Morgan fingerprint density at radius 3 is 2.40 bits per heavy atom. The monoisotopic (exact) mass is 290 g/mol. The molecular weight excluding hydrogens is 264 g/mol. The first kappa shape index (κ1) is 18.7. The van der Waals surface area contributed by atoms with Gasteiger partial charge in [0.1, 0.15) is 5.54 Å². The molecule has 2 amide bonds. The van der Waals surface area contributed by atoms with Crippen LogP contribution in [0.1, 0.15) is 27.2 Å². The van der Waals surface area contributed by atoms with Crippen molar-refractivity contribution in [2.45, 2.75) is 32.7 Å². The molecule has 0 saturated carbocycles. The second-order valence-corrected chi connectivity index (χ2v) is 4.80. The molecule has 0 heterocycles. The minimum atomic E-state index is -1.23. The highest BCUT2D eigenvalue weighted by Gasteiger charge is 2.36. The van der Waals surface area contributed by atoms with Crippen LogP contribution in [-0.2, 0) is 14.3 Å². The zero-order valence-corrected chi connectivity index (χ0v) is 12.8. The number of carbonyl (C=O) groups excluding carboxylic acids is 1. The Morgan fingerprint density at radius 1 is 1.25 bits per heavy atom. The van der Waals surface area contributed by atoms with Crippen molar-refractivity contribution in [3.05, 3.63) is 0 Å². The van der Waals surface area contributed by atoms with Gasteiger partial charge < -0.3 is 24.8 Å². The zero-order valence-electron chi connectivity index (χ0n) is 12.8. The Morgan fingerprint density at radius 2 is 1.90 bits per heavy atom. The van der Waals surface area contributed by atoms with Crippen molar-refractivity contribution in [1.82, 2.24) is 10.2 Å². The van der Waals surface area contributed by atoms with E-state index in [9.17, 15) is 9.59 Å². The van der Waals surface area contributed by atoms with E-state index in [-0.39, 0.29) is 6.03 Å². The van der Waals surface area contributed by atoms with Gasteiger partial charge in [-0.15, -0.1) is 0 Å². The number of rotatable bonds is 10. The number of carboxylic acids is 1. The van der Waals surface area contributed by atoms with Gasteiger partial charge in [0.05, 0.1) is 13.2 Å². The van der Waals surface area contributed by atoms with Gasteiger partial charge >= 0.3 is 12.0 Å². The summed E-state index contributed by atoms with van der Waals surface area (Å²) in [5.41, 5.74) is -1.23. The molecule has 0 rings (SSSR count). The zero-order chi connectivity index (χ0) is 15.6. The highest BCUT2D eigenvalue weighted by atomic mass is 16.5. The standard InChI is InChI=1S/C13H26N2O5/c1-5-15(13(2,3)11(16)17)12(18)14-7-6-8-20-10-9-19-4/h5-10H2,1-4H3,(H,14,18)(H,16,17). The van der Waals surface area contributed by atoms with Gasteiger partial charge in [0.15, 0.2) is 0 Å². The van der Waals surface area contributed by atoms with Crippen molar-refractivity contribution in [3.8, 4) is 0 Å². The van der Waals surface area contributed by atoms with E-state index in [1.165, 1.54) is 18.7 Å². The molecule has 0 aliphatic heterocycles. The predicted molar refractivity (Wildman–Crippen MR) is 74.8 cm³/mol. The van der Waals surface area contributed by atoms with E-state index in [0.717, 1.165) is 0 Å². The second-order valence-electron chi connectivity index (χ2n) is 4.80. The van der Waals surface area contributed by atoms with Crippen LogP contribution in [0.3, 0.4) is 0 Å². The maximum absolute atomic E-state index is 12.0. The summed E-state index contributed by atoms with van der Waals surface area (Å²) in [6.07, 6.45) is 0.667. The third-order valence-corrected chi connectivity index (χ3v) is 2.93. The first-order valence-electron chi connectivity index (χ1n) is 6.73. The van der Waals surface area contributed by atoms with Gasteiger partial charge in [-0.1, -0.05) is 0 Å². The highest BCUT2D eigenvalue weighted by Crippen LogP contribution is 2.14. The minimum Gasteiger partial charge on any atom is -0.480 e. The Bertz CT molecular complexity index is 307. The van der Waals surface area contributed by atoms with Crippen molar-refractivity contribution in [2.75, 3.05) is 40.0 Å². The van der Waals surface area contributed by atoms with Gasteiger partial charge in [0.2, 0.25) is 0 Å². The predicted octanol–water partition coefficient (Wildman–Crippen LogP) is 0.934. The van der Waals surface area contributed by atoms with E-state index in [0.29, 0.717) is 39.3 Å². The highest BCUT2D eigenvalue weighted by molar-refractivity contribution is 5.85. The molecule has 2 N–H and O–H groups in total. The van der Waals surface area contributed by atoms with Gasteiger partial charge in [-0.3, -0.25) is 0 Å². The topological polar surface area (TPSA) is 88.1 Å². The summed E-state index contributed by atoms with van der Waals surface area (Å²) >= 11 is 0. The number of methoxy groups -OCH3 is 1. The van der Waals surface area contributed by atoms with Crippen LogP contribution in [0.15, 0.2) is 0 Å². The van der Waals surface area contributed by atoms with E-state index < -0.39 is 11.5 Å². The molecule has 0 fully saturated rings. The van der Waals surface area contributed by atoms with Gasteiger partial charge in [0.25, 0.3) is 0 Å². The number of carbonyl (C=O) groups is 2. The van der Waals surface area contributed by atoms with Crippen molar-refractivity contribution >= 4 is 12.0 Å². The van der Waals surface area contributed by atoms with E-state index in [2.05, 4.69) is 5.32 Å². The average molecular weight is 290 g/mol. The third kappa shape index (κ3) is 6.21. The maximum Gasteiger partial charge on any atom is 0.329 e.